The lowest BCUT2D eigenvalue weighted by atomic mass is 9.86. The zero-order chi connectivity index (χ0) is 19.4. The van der Waals surface area contributed by atoms with Crippen LogP contribution in [0.2, 0.25) is 0 Å². The predicted octanol–water partition coefficient (Wildman–Crippen LogP) is 1.39. The van der Waals surface area contributed by atoms with E-state index in [4.69, 9.17) is 5.11 Å². The molecule has 3 N–H and O–H groups in total. The van der Waals surface area contributed by atoms with Crippen LogP contribution in [0.3, 0.4) is 0 Å². The lowest BCUT2D eigenvalue weighted by molar-refractivity contribution is -0.142. The molecule has 1 saturated carbocycles. The molecule has 27 heavy (non-hydrogen) atoms. The molecule has 0 bridgehead atoms. The molecule has 0 spiro atoms. The molecular formula is C18H25N3O5S. The summed E-state index contributed by atoms with van der Waals surface area (Å²) in [6.45, 7) is 0.613. The van der Waals surface area contributed by atoms with Crippen molar-refractivity contribution in [2.24, 2.45) is 5.92 Å². The summed E-state index contributed by atoms with van der Waals surface area (Å²) in [5.74, 6) is -1.10. The minimum Gasteiger partial charge on any atom is -0.481 e. The van der Waals surface area contributed by atoms with Gasteiger partial charge in [-0.3, -0.25) is 4.79 Å². The number of hydrogen-bond donors (Lipinski definition) is 3. The molecule has 2 fully saturated rings. The average Bonchev–Trinajstić information content (AvgIpc) is 3.12. The van der Waals surface area contributed by atoms with Gasteiger partial charge in [0.1, 0.15) is 0 Å². The number of urea groups is 1. The van der Waals surface area contributed by atoms with Gasteiger partial charge in [0.25, 0.3) is 0 Å². The molecule has 1 aromatic carbocycles. The molecule has 0 radical (unpaired) electrons. The van der Waals surface area contributed by atoms with Gasteiger partial charge in [0.2, 0.25) is 10.0 Å². The summed E-state index contributed by atoms with van der Waals surface area (Å²) in [6.07, 6.45) is 2.97. The van der Waals surface area contributed by atoms with Crippen molar-refractivity contribution in [2.45, 2.75) is 49.1 Å². The van der Waals surface area contributed by atoms with Crippen molar-refractivity contribution in [3.63, 3.8) is 0 Å². The molecule has 148 valence electrons. The summed E-state index contributed by atoms with van der Waals surface area (Å²) in [4.78, 5) is 23.4. The number of aliphatic carboxylic acids is 1. The Bertz CT molecular complexity index is 775. The molecule has 9 heteroatoms. The lowest BCUT2D eigenvalue weighted by Crippen LogP contribution is -2.48. The Kier molecular flexibility index (Phi) is 6.01. The van der Waals surface area contributed by atoms with Crippen molar-refractivity contribution in [3.8, 4) is 0 Å². The number of sulfonamides is 1. The largest absolute Gasteiger partial charge is 0.481 e. The molecule has 2 aliphatic rings. The summed E-state index contributed by atoms with van der Waals surface area (Å²) < 4.78 is 26.6. The van der Waals surface area contributed by atoms with E-state index in [-0.39, 0.29) is 35.5 Å². The highest BCUT2D eigenvalue weighted by atomic mass is 32.2. The Morgan fingerprint density at radius 2 is 1.59 bits per heavy atom. The molecule has 1 atom stereocenters. The highest BCUT2D eigenvalue weighted by molar-refractivity contribution is 7.89. The highest BCUT2D eigenvalue weighted by Crippen LogP contribution is 2.24. The second-order valence-corrected chi connectivity index (χ2v) is 9.10. The first-order chi connectivity index (χ1) is 12.9. The van der Waals surface area contributed by atoms with Gasteiger partial charge >= 0.3 is 12.0 Å². The molecule has 1 aliphatic heterocycles. The molecule has 1 aliphatic carbocycles. The topological polar surface area (TPSA) is 116 Å². The molecule has 1 saturated heterocycles. The number of amides is 2. The third kappa shape index (κ3) is 4.78. The molecule has 3 rings (SSSR count). The fourth-order valence-electron chi connectivity index (χ4n) is 3.70. The quantitative estimate of drug-likeness (QED) is 0.697. The zero-order valence-corrected chi connectivity index (χ0v) is 15.8. The fourth-order valence-corrected chi connectivity index (χ4v) is 5.22. The first kappa shape index (κ1) is 19.6. The van der Waals surface area contributed by atoms with E-state index in [1.165, 1.54) is 4.31 Å². The normalized spacial score (nSPS) is 26.4. The Labute approximate surface area is 159 Å². The molecule has 0 unspecified atom stereocenters. The molecule has 8 nitrogen and oxygen atoms in total. The number of carboxylic acids is 1. The van der Waals surface area contributed by atoms with E-state index >= 15 is 0 Å². The minimum absolute atomic E-state index is 0.0360. The first-order valence-electron chi connectivity index (χ1n) is 9.21. The summed E-state index contributed by atoms with van der Waals surface area (Å²) in [6, 6.07) is 7.67. The van der Waals surface area contributed by atoms with Crippen LogP contribution < -0.4 is 10.6 Å². The number of carbonyl (C=O) groups excluding carboxylic acids is 1. The first-order valence-corrected chi connectivity index (χ1v) is 10.7. The fraction of sp³-hybridized carbons (Fsp3) is 0.556. The number of nitrogens with zero attached hydrogens (tertiary/aromatic N) is 1. The number of carbonyl (C=O) groups is 2. The predicted molar refractivity (Wildman–Crippen MR) is 98.7 cm³/mol. The van der Waals surface area contributed by atoms with Crippen molar-refractivity contribution in [1.29, 1.82) is 0 Å². The van der Waals surface area contributed by atoms with Gasteiger partial charge in [0.15, 0.2) is 0 Å². The van der Waals surface area contributed by atoms with E-state index in [2.05, 4.69) is 10.6 Å². The lowest BCUT2D eigenvalue weighted by Gasteiger charge is -2.27. The minimum atomic E-state index is -3.54. The number of carboxylic acid groups (broad SMARTS) is 1. The Balaban J connectivity index is 1.47. The van der Waals surface area contributed by atoms with Gasteiger partial charge in [-0.1, -0.05) is 18.2 Å². The van der Waals surface area contributed by atoms with Gasteiger partial charge in [-0.25, -0.2) is 13.2 Å². The third-order valence-corrected chi connectivity index (χ3v) is 7.16. The molecule has 1 aromatic rings. The molecular weight excluding hydrogens is 370 g/mol. The third-order valence-electron chi connectivity index (χ3n) is 5.28. The number of rotatable bonds is 5. The summed E-state index contributed by atoms with van der Waals surface area (Å²) >= 11 is 0. The van der Waals surface area contributed by atoms with Gasteiger partial charge in [-0.2, -0.15) is 4.31 Å². The van der Waals surface area contributed by atoms with Crippen LogP contribution in [0.15, 0.2) is 35.2 Å². The number of nitrogens with one attached hydrogen (secondary N) is 2. The van der Waals surface area contributed by atoms with E-state index in [1.54, 1.807) is 30.3 Å². The van der Waals surface area contributed by atoms with Crippen molar-refractivity contribution in [1.82, 2.24) is 14.9 Å². The van der Waals surface area contributed by atoms with Crippen LogP contribution in [-0.4, -0.2) is 55.0 Å². The van der Waals surface area contributed by atoms with Crippen molar-refractivity contribution < 1.29 is 23.1 Å². The van der Waals surface area contributed by atoms with Crippen LogP contribution in [0.4, 0.5) is 4.79 Å². The van der Waals surface area contributed by atoms with E-state index in [0.717, 1.165) is 0 Å². The summed E-state index contributed by atoms with van der Waals surface area (Å²) in [5, 5.41) is 14.7. The van der Waals surface area contributed by atoms with Crippen LogP contribution in [0.1, 0.15) is 32.1 Å². The van der Waals surface area contributed by atoms with Crippen LogP contribution in [-0.2, 0) is 14.8 Å². The maximum absolute atomic E-state index is 12.6. The standard InChI is InChI=1S/C18H25N3O5S/c22-17(23)13-6-8-14(9-7-13)19-18(24)20-15-10-11-21(12-15)27(25,26)16-4-2-1-3-5-16/h1-5,13-15H,6-12H2,(H,22,23)(H2,19,20,24)/t13?,14?,15-/m0/s1. The second kappa shape index (κ2) is 8.26. The van der Waals surface area contributed by atoms with E-state index < -0.39 is 16.0 Å². The van der Waals surface area contributed by atoms with Crippen molar-refractivity contribution in [3.05, 3.63) is 30.3 Å². The van der Waals surface area contributed by atoms with Crippen molar-refractivity contribution >= 4 is 22.0 Å². The highest BCUT2D eigenvalue weighted by Gasteiger charge is 2.33. The SMILES string of the molecule is O=C(NC1CCC(C(=O)O)CC1)N[C@H]1CCN(S(=O)(=O)c2ccccc2)C1. The van der Waals surface area contributed by atoms with Gasteiger partial charge in [-0.05, 0) is 44.2 Å². The second-order valence-electron chi connectivity index (χ2n) is 7.17. The Morgan fingerprint density at radius 1 is 0.963 bits per heavy atom. The van der Waals surface area contributed by atoms with Crippen molar-refractivity contribution in [2.75, 3.05) is 13.1 Å². The Hall–Kier alpha value is -2.13. The zero-order valence-electron chi connectivity index (χ0n) is 15.0. The number of benzene rings is 1. The van der Waals surface area contributed by atoms with Gasteiger partial charge < -0.3 is 15.7 Å². The average molecular weight is 395 g/mol. The smallest absolute Gasteiger partial charge is 0.315 e. The van der Waals surface area contributed by atoms with E-state index in [1.807, 2.05) is 0 Å². The maximum Gasteiger partial charge on any atom is 0.315 e. The van der Waals surface area contributed by atoms with Crippen LogP contribution in [0.5, 0.6) is 0 Å². The van der Waals surface area contributed by atoms with Crippen LogP contribution in [0.25, 0.3) is 0 Å². The van der Waals surface area contributed by atoms with E-state index in [0.29, 0.717) is 38.6 Å². The number of hydrogen-bond acceptors (Lipinski definition) is 4. The van der Waals surface area contributed by atoms with Gasteiger partial charge in [0.05, 0.1) is 10.8 Å². The van der Waals surface area contributed by atoms with Gasteiger partial charge in [0, 0.05) is 25.2 Å². The Morgan fingerprint density at radius 3 is 2.22 bits per heavy atom. The molecule has 1 heterocycles. The molecule has 0 aromatic heterocycles. The van der Waals surface area contributed by atoms with Gasteiger partial charge in [-0.15, -0.1) is 0 Å². The monoisotopic (exact) mass is 395 g/mol. The summed E-state index contributed by atoms with van der Waals surface area (Å²) in [5.41, 5.74) is 0. The summed E-state index contributed by atoms with van der Waals surface area (Å²) in [7, 11) is -3.54. The van der Waals surface area contributed by atoms with Crippen LogP contribution >= 0.6 is 0 Å². The maximum atomic E-state index is 12.6. The van der Waals surface area contributed by atoms with E-state index in [9.17, 15) is 18.0 Å². The molecule has 2 amide bonds. The van der Waals surface area contributed by atoms with Crippen LogP contribution in [0, 0.1) is 5.92 Å².